The highest BCUT2D eigenvalue weighted by Gasteiger charge is 2.18. The van der Waals surface area contributed by atoms with Gasteiger partial charge in [0.15, 0.2) is 5.13 Å². The molecule has 6 nitrogen and oxygen atoms in total. The van der Waals surface area contributed by atoms with Crippen LogP contribution in [0.4, 0.5) is 5.13 Å². The van der Waals surface area contributed by atoms with E-state index in [-0.39, 0.29) is 5.91 Å². The molecule has 0 aliphatic heterocycles. The van der Waals surface area contributed by atoms with Crippen molar-refractivity contribution in [2.75, 3.05) is 5.32 Å². The number of amides is 2. The Morgan fingerprint density at radius 1 is 1.07 bits per heavy atom. The normalized spacial score (nSPS) is 10.4. The standard InChI is InChI=1S/C19H17N3O3S2/c1-11-3-5-13(6-4-11)17(24)18(25)22-19-21-15(10-26-19)16-8-7-14(27-16)9-20-12(2)23/h3-8,10H,9H2,1-2H3,(H,20,23)(H,21,22,25). The van der Waals surface area contributed by atoms with Crippen LogP contribution in [-0.2, 0) is 16.1 Å². The fourth-order valence-corrected chi connectivity index (χ4v) is 3.94. The highest BCUT2D eigenvalue weighted by Crippen LogP contribution is 2.30. The quantitative estimate of drug-likeness (QED) is 0.489. The number of thiazole rings is 1. The molecule has 0 fully saturated rings. The van der Waals surface area contributed by atoms with E-state index in [1.807, 2.05) is 24.4 Å². The van der Waals surface area contributed by atoms with E-state index in [9.17, 15) is 14.4 Å². The van der Waals surface area contributed by atoms with Gasteiger partial charge < -0.3 is 5.32 Å². The van der Waals surface area contributed by atoms with Crippen LogP contribution in [0.1, 0.15) is 27.7 Å². The van der Waals surface area contributed by atoms with Crippen molar-refractivity contribution in [3.63, 3.8) is 0 Å². The number of hydrogen-bond donors (Lipinski definition) is 2. The predicted octanol–water partition coefficient (Wildman–Crippen LogP) is 3.64. The minimum absolute atomic E-state index is 0.0816. The molecule has 2 aromatic heterocycles. The van der Waals surface area contributed by atoms with Crippen LogP contribution in [0.3, 0.4) is 0 Å². The van der Waals surface area contributed by atoms with Crippen molar-refractivity contribution in [3.8, 4) is 10.6 Å². The minimum Gasteiger partial charge on any atom is -0.351 e. The molecule has 0 saturated heterocycles. The number of aryl methyl sites for hydroxylation is 1. The topological polar surface area (TPSA) is 88.2 Å². The maximum absolute atomic E-state index is 12.2. The van der Waals surface area contributed by atoms with Gasteiger partial charge in [0, 0.05) is 22.7 Å². The predicted molar refractivity (Wildman–Crippen MR) is 107 cm³/mol. The zero-order valence-electron chi connectivity index (χ0n) is 14.7. The Morgan fingerprint density at radius 2 is 1.81 bits per heavy atom. The summed E-state index contributed by atoms with van der Waals surface area (Å²) in [6.07, 6.45) is 0. The molecular formula is C19H17N3O3S2. The third-order valence-electron chi connectivity index (χ3n) is 3.67. The number of rotatable bonds is 6. The number of benzene rings is 1. The van der Waals surface area contributed by atoms with Gasteiger partial charge in [-0.15, -0.1) is 22.7 Å². The fourth-order valence-electron chi connectivity index (χ4n) is 2.26. The number of anilines is 1. The van der Waals surface area contributed by atoms with Gasteiger partial charge in [-0.1, -0.05) is 29.8 Å². The van der Waals surface area contributed by atoms with Gasteiger partial charge in [-0.25, -0.2) is 4.98 Å². The summed E-state index contributed by atoms with van der Waals surface area (Å²) in [4.78, 5) is 41.7. The van der Waals surface area contributed by atoms with E-state index in [4.69, 9.17) is 0 Å². The molecule has 0 aliphatic rings. The molecule has 0 saturated carbocycles. The highest BCUT2D eigenvalue weighted by atomic mass is 32.1. The Hall–Kier alpha value is -2.84. The number of ketones is 1. The Balaban J connectivity index is 1.65. The van der Waals surface area contributed by atoms with E-state index in [1.165, 1.54) is 29.6 Å². The highest BCUT2D eigenvalue weighted by molar-refractivity contribution is 7.17. The molecular weight excluding hydrogens is 382 g/mol. The summed E-state index contributed by atoms with van der Waals surface area (Å²) in [6.45, 7) is 3.86. The van der Waals surface area contributed by atoms with Crippen molar-refractivity contribution in [2.45, 2.75) is 20.4 Å². The summed E-state index contributed by atoms with van der Waals surface area (Å²) in [7, 11) is 0. The Bertz CT molecular complexity index is 990. The molecule has 0 spiro atoms. The molecule has 2 N–H and O–H groups in total. The molecule has 138 valence electrons. The van der Waals surface area contributed by atoms with Crippen molar-refractivity contribution in [2.24, 2.45) is 0 Å². The van der Waals surface area contributed by atoms with Gasteiger partial charge in [0.1, 0.15) is 0 Å². The number of thiophene rings is 1. The molecule has 0 unspecified atom stereocenters. The number of carbonyl (C=O) groups is 3. The van der Waals surface area contributed by atoms with E-state index in [2.05, 4.69) is 15.6 Å². The van der Waals surface area contributed by atoms with Gasteiger partial charge in [-0.2, -0.15) is 0 Å². The van der Waals surface area contributed by atoms with Gasteiger partial charge in [0.25, 0.3) is 11.7 Å². The number of carbonyl (C=O) groups excluding carboxylic acids is 3. The van der Waals surface area contributed by atoms with Crippen LogP contribution in [0.2, 0.25) is 0 Å². The lowest BCUT2D eigenvalue weighted by Gasteiger charge is -2.01. The van der Waals surface area contributed by atoms with Gasteiger partial charge in [0.05, 0.1) is 17.1 Å². The van der Waals surface area contributed by atoms with Crippen LogP contribution in [0.15, 0.2) is 41.8 Å². The van der Waals surface area contributed by atoms with Crippen molar-refractivity contribution in [1.82, 2.24) is 10.3 Å². The summed E-state index contributed by atoms with van der Waals surface area (Å²) < 4.78 is 0. The van der Waals surface area contributed by atoms with E-state index in [1.54, 1.807) is 24.3 Å². The second-order valence-corrected chi connectivity index (χ2v) is 7.89. The number of nitrogens with zero attached hydrogens (tertiary/aromatic N) is 1. The van der Waals surface area contributed by atoms with Crippen LogP contribution in [0.5, 0.6) is 0 Å². The average molecular weight is 399 g/mol. The number of hydrogen-bond acceptors (Lipinski definition) is 6. The van der Waals surface area contributed by atoms with Crippen molar-refractivity contribution >= 4 is 45.4 Å². The second-order valence-electron chi connectivity index (χ2n) is 5.86. The summed E-state index contributed by atoms with van der Waals surface area (Å²) >= 11 is 2.77. The zero-order chi connectivity index (χ0) is 19.4. The van der Waals surface area contributed by atoms with Gasteiger partial charge in [-0.3, -0.25) is 19.7 Å². The van der Waals surface area contributed by atoms with E-state index >= 15 is 0 Å². The minimum atomic E-state index is -0.711. The molecule has 0 aliphatic carbocycles. The first-order valence-corrected chi connectivity index (χ1v) is 9.83. The molecule has 3 rings (SSSR count). The third-order valence-corrected chi connectivity index (χ3v) is 5.54. The van der Waals surface area contributed by atoms with Gasteiger partial charge in [-0.05, 0) is 19.1 Å². The zero-order valence-corrected chi connectivity index (χ0v) is 16.4. The van der Waals surface area contributed by atoms with Crippen LogP contribution in [0, 0.1) is 6.92 Å². The average Bonchev–Trinajstić information content (AvgIpc) is 3.29. The lowest BCUT2D eigenvalue weighted by Crippen LogP contribution is -2.22. The summed E-state index contributed by atoms with van der Waals surface area (Å²) in [5.41, 5.74) is 2.08. The molecule has 0 radical (unpaired) electrons. The SMILES string of the molecule is CC(=O)NCc1ccc(-c2csc(NC(=O)C(=O)c3ccc(C)cc3)n2)s1. The van der Waals surface area contributed by atoms with Crippen LogP contribution in [0.25, 0.3) is 10.6 Å². The summed E-state index contributed by atoms with van der Waals surface area (Å²) in [5, 5.41) is 7.49. The van der Waals surface area contributed by atoms with E-state index in [0.29, 0.717) is 17.2 Å². The monoisotopic (exact) mass is 399 g/mol. The van der Waals surface area contributed by atoms with Gasteiger partial charge >= 0.3 is 0 Å². The largest absolute Gasteiger partial charge is 0.351 e. The molecule has 2 amide bonds. The Labute approximate surface area is 164 Å². The molecule has 0 bridgehead atoms. The smallest absolute Gasteiger partial charge is 0.298 e. The molecule has 27 heavy (non-hydrogen) atoms. The lowest BCUT2D eigenvalue weighted by molar-refractivity contribution is -0.119. The number of aromatic nitrogens is 1. The molecule has 2 heterocycles. The first-order chi connectivity index (χ1) is 12.9. The molecule has 1 aromatic carbocycles. The van der Waals surface area contributed by atoms with Crippen LogP contribution >= 0.6 is 22.7 Å². The van der Waals surface area contributed by atoms with E-state index < -0.39 is 11.7 Å². The third kappa shape index (κ3) is 4.87. The fraction of sp³-hybridized carbons (Fsp3) is 0.158. The second kappa shape index (κ2) is 8.24. The molecule has 0 atom stereocenters. The summed E-state index contributed by atoms with van der Waals surface area (Å²) in [6, 6.07) is 10.7. The Kier molecular flexibility index (Phi) is 5.78. The maximum atomic E-state index is 12.2. The van der Waals surface area contributed by atoms with E-state index in [0.717, 1.165) is 21.0 Å². The Morgan fingerprint density at radius 3 is 2.52 bits per heavy atom. The first kappa shape index (κ1) is 18.9. The van der Waals surface area contributed by atoms with Crippen molar-refractivity contribution in [3.05, 3.63) is 57.8 Å². The number of Topliss-reactive ketones (excluding diaryl/α,β-unsaturated/α-hetero) is 1. The number of nitrogens with one attached hydrogen (secondary N) is 2. The molecule has 8 heteroatoms. The lowest BCUT2D eigenvalue weighted by atomic mass is 10.1. The van der Waals surface area contributed by atoms with Crippen molar-refractivity contribution < 1.29 is 14.4 Å². The molecule has 3 aromatic rings. The maximum Gasteiger partial charge on any atom is 0.298 e. The van der Waals surface area contributed by atoms with Crippen molar-refractivity contribution in [1.29, 1.82) is 0 Å². The van der Waals surface area contributed by atoms with Gasteiger partial charge in [0.2, 0.25) is 5.91 Å². The van der Waals surface area contributed by atoms with Crippen LogP contribution < -0.4 is 10.6 Å². The first-order valence-electron chi connectivity index (χ1n) is 8.14. The summed E-state index contributed by atoms with van der Waals surface area (Å²) in [5.74, 6) is -1.39. The van der Waals surface area contributed by atoms with Crippen LogP contribution in [-0.4, -0.2) is 22.6 Å².